The number of hydrogen-bond acceptors (Lipinski definition) is 4. The van der Waals surface area contributed by atoms with Gasteiger partial charge in [0.2, 0.25) is 21.8 Å². The summed E-state index contributed by atoms with van der Waals surface area (Å²) in [6.07, 6.45) is -3.57. The molecule has 238 valence electrons. The molecule has 0 fully saturated rings. The second-order valence-corrected chi connectivity index (χ2v) is 13.2. The number of benzene rings is 3. The van der Waals surface area contributed by atoms with Crippen LogP contribution in [-0.2, 0) is 38.8 Å². The average Bonchev–Trinajstić information content (AvgIpc) is 2.96. The zero-order valence-electron chi connectivity index (χ0n) is 25.5. The minimum Gasteiger partial charge on any atom is -0.354 e. The largest absolute Gasteiger partial charge is 0.416 e. The van der Waals surface area contributed by atoms with Crippen LogP contribution in [0.1, 0.15) is 48.9 Å². The Balaban J connectivity index is 1.89. The molecule has 1 atom stereocenters. The van der Waals surface area contributed by atoms with E-state index in [0.717, 1.165) is 45.5 Å². The van der Waals surface area contributed by atoms with Gasteiger partial charge in [0.15, 0.2) is 0 Å². The number of anilines is 1. The maximum atomic E-state index is 13.9. The first-order valence-corrected chi connectivity index (χ1v) is 16.3. The summed E-state index contributed by atoms with van der Waals surface area (Å²) in [5.74, 6) is -0.483. The summed E-state index contributed by atoms with van der Waals surface area (Å²) in [6.45, 7) is 6.25. The number of nitrogens with zero attached hydrogens (tertiary/aromatic N) is 2. The number of aryl methyl sites for hydroxylation is 1. The van der Waals surface area contributed by atoms with Crippen LogP contribution < -0.4 is 9.62 Å². The van der Waals surface area contributed by atoms with Crippen LogP contribution in [0.15, 0.2) is 78.9 Å². The summed E-state index contributed by atoms with van der Waals surface area (Å²) in [5.41, 5.74) is 1.62. The number of carbonyl (C=O) groups excluding carboxylic acids is 2. The number of halogens is 3. The molecule has 0 saturated heterocycles. The fourth-order valence-corrected chi connectivity index (χ4v) is 5.67. The highest BCUT2D eigenvalue weighted by Crippen LogP contribution is 2.32. The van der Waals surface area contributed by atoms with Crippen molar-refractivity contribution in [3.63, 3.8) is 0 Å². The van der Waals surface area contributed by atoms with Gasteiger partial charge in [0.05, 0.1) is 17.5 Å². The summed E-state index contributed by atoms with van der Waals surface area (Å²) < 4.78 is 66.0. The van der Waals surface area contributed by atoms with Gasteiger partial charge >= 0.3 is 6.18 Å². The molecule has 1 N–H and O–H groups in total. The van der Waals surface area contributed by atoms with E-state index in [4.69, 9.17) is 0 Å². The molecule has 11 heteroatoms. The zero-order chi connectivity index (χ0) is 32.5. The lowest BCUT2D eigenvalue weighted by Gasteiger charge is -2.32. The monoisotopic (exact) mass is 631 g/mol. The van der Waals surface area contributed by atoms with Gasteiger partial charge in [-0.3, -0.25) is 13.9 Å². The van der Waals surface area contributed by atoms with Crippen LogP contribution >= 0.6 is 0 Å². The average molecular weight is 632 g/mol. The molecule has 0 saturated carbocycles. The van der Waals surface area contributed by atoms with Crippen molar-refractivity contribution in [3.05, 3.63) is 101 Å². The highest BCUT2D eigenvalue weighted by Gasteiger charge is 2.33. The van der Waals surface area contributed by atoms with E-state index in [9.17, 15) is 31.2 Å². The molecule has 1 unspecified atom stereocenters. The number of rotatable bonds is 14. The van der Waals surface area contributed by atoms with E-state index in [2.05, 4.69) is 5.32 Å². The van der Waals surface area contributed by atoms with E-state index in [1.165, 1.54) is 11.0 Å². The lowest BCUT2D eigenvalue weighted by Crippen LogP contribution is -2.51. The van der Waals surface area contributed by atoms with Crippen molar-refractivity contribution in [1.29, 1.82) is 0 Å². The molecule has 0 radical (unpaired) electrons. The SMILES string of the molecule is Cc1ccc(CN(C(=O)CCCN(c2cccc(C(F)(F)F)c2)S(C)(=O)=O)C(Cc2ccccc2)C(=O)NCC(C)C)cc1. The van der Waals surface area contributed by atoms with Crippen LogP contribution in [0.2, 0.25) is 0 Å². The molecule has 3 aromatic rings. The Morgan fingerprint density at radius 2 is 1.57 bits per heavy atom. The van der Waals surface area contributed by atoms with Crippen molar-refractivity contribution in [2.75, 3.05) is 23.7 Å². The first-order valence-electron chi connectivity index (χ1n) is 14.5. The minimum absolute atomic E-state index is 0.0260. The number of carbonyl (C=O) groups is 2. The van der Waals surface area contributed by atoms with Gasteiger partial charge in [-0.05, 0) is 48.6 Å². The lowest BCUT2D eigenvalue weighted by molar-refractivity contribution is -0.141. The third kappa shape index (κ3) is 10.4. The molecule has 44 heavy (non-hydrogen) atoms. The Morgan fingerprint density at radius 1 is 0.909 bits per heavy atom. The van der Waals surface area contributed by atoms with Gasteiger partial charge in [0.25, 0.3) is 0 Å². The van der Waals surface area contributed by atoms with E-state index < -0.39 is 27.8 Å². The first kappa shape index (κ1) is 34.6. The summed E-state index contributed by atoms with van der Waals surface area (Å²) in [5, 5.41) is 2.95. The molecule has 0 aliphatic rings. The molecule has 0 aliphatic carbocycles. The fourth-order valence-electron chi connectivity index (χ4n) is 4.71. The Bertz CT molecular complexity index is 1490. The number of alkyl halides is 3. The third-order valence-electron chi connectivity index (χ3n) is 7.04. The standard InChI is InChI=1S/C33H40F3N3O4S/c1-24(2)22-37-32(41)30(20-26-10-6-5-7-11-26)38(23-27-17-15-25(3)16-18-27)31(40)14-9-19-39(44(4,42)43)29-13-8-12-28(21-29)33(34,35)36/h5-8,10-13,15-18,21,24,30H,9,14,19-20,22-23H2,1-4H3,(H,37,41). The Labute approximate surface area is 258 Å². The maximum absolute atomic E-state index is 13.9. The Kier molecular flexibility index (Phi) is 12.0. The number of amides is 2. The quantitative estimate of drug-likeness (QED) is 0.238. The normalized spacial score (nSPS) is 12.5. The van der Waals surface area contributed by atoms with E-state index in [1.54, 1.807) is 0 Å². The van der Waals surface area contributed by atoms with Crippen molar-refractivity contribution in [1.82, 2.24) is 10.2 Å². The predicted molar refractivity (Wildman–Crippen MR) is 166 cm³/mol. The minimum atomic E-state index is -4.64. The molecular formula is C33H40F3N3O4S. The molecule has 3 rings (SSSR count). The lowest BCUT2D eigenvalue weighted by atomic mass is 10.0. The van der Waals surface area contributed by atoms with Crippen LogP contribution in [0.4, 0.5) is 18.9 Å². The van der Waals surface area contributed by atoms with Crippen molar-refractivity contribution in [2.45, 2.75) is 58.8 Å². The summed E-state index contributed by atoms with van der Waals surface area (Å²) in [6, 6.07) is 20.2. The van der Waals surface area contributed by atoms with Crippen LogP contribution in [0.5, 0.6) is 0 Å². The molecule has 0 aliphatic heterocycles. The van der Waals surface area contributed by atoms with Gasteiger partial charge in [0.1, 0.15) is 6.04 Å². The molecule has 0 aromatic heterocycles. The molecule has 3 aromatic carbocycles. The molecule has 0 heterocycles. The number of sulfonamides is 1. The van der Waals surface area contributed by atoms with E-state index in [-0.39, 0.29) is 55.8 Å². The van der Waals surface area contributed by atoms with Crippen LogP contribution in [0.25, 0.3) is 0 Å². The number of nitrogens with one attached hydrogen (secondary N) is 1. The second kappa shape index (κ2) is 15.2. The van der Waals surface area contributed by atoms with Crippen molar-refractivity contribution >= 4 is 27.5 Å². The third-order valence-corrected chi connectivity index (χ3v) is 8.24. The van der Waals surface area contributed by atoms with Crippen molar-refractivity contribution in [2.24, 2.45) is 5.92 Å². The summed E-state index contributed by atoms with van der Waals surface area (Å²) in [7, 11) is -3.96. The zero-order valence-corrected chi connectivity index (χ0v) is 26.3. The summed E-state index contributed by atoms with van der Waals surface area (Å²) >= 11 is 0. The molecule has 0 spiro atoms. The van der Waals surface area contributed by atoms with Gasteiger partial charge in [-0.15, -0.1) is 0 Å². The fraction of sp³-hybridized carbons (Fsp3) is 0.394. The van der Waals surface area contributed by atoms with Crippen LogP contribution in [-0.4, -0.2) is 50.5 Å². The maximum Gasteiger partial charge on any atom is 0.416 e. The van der Waals surface area contributed by atoms with Gasteiger partial charge < -0.3 is 10.2 Å². The molecule has 2 amide bonds. The van der Waals surface area contributed by atoms with Gasteiger partial charge in [-0.1, -0.05) is 80.1 Å². The highest BCUT2D eigenvalue weighted by atomic mass is 32.2. The van der Waals surface area contributed by atoms with E-state index in [1.807, 2.05) is 75.4 Å². The van der Waals surface area contributed by atoms with Gasteiger partial charge in [-0.2, -0.15) is 13.2 Å². The Hall–Kier alpha value is -3.86. The van der Waals surface area contributed by atoms with E-state index >= 15 is 0 Å². The molecule has 0 bridgehead atoms. The summed E-state index contributed by atoms with van der Waals surface area (Å²) in [4.78, 5) is 29.0. The Morgan fingerprint density at radius 3 is 2.16 bits per heavy atom. The highest BCUT2D eigenvalue weighted by molar-refractivity contribution is 7.92. The van der Waals surface area contributed by atoms with Gasteiger partial charge in [-0.25, -0.2) is 8.42 Å². The second-order valence-electron chi connectivity index (χ2n) is 11.3. The molecular weight excluding hydrogens is 591 g/mol. The number of hydrogen-bond donors (Lipinski definition) is 1. The van der Waals surface area contributed by atoms with Crippen molar-refractivity contribution in [3.8, 4) is 0 Å². The van der Waals surface area contributed by atoms with Crippen LogP contribution in [0.3, 0.4) is 0 Å². The van der Waals surface area contributed by atoms with Crippen LogP contribution in [0, 0.1) is 12.8 Å². The smallest absolute Gasteiger partial charge is 0.354 e. The van der Waals surface area contributed by atoms with E-state index in [0.29, 0.717) is 6.54 Å². The molecule has 7 nitrogen and oxygen atoms in total. The topological polar surface area (TPSA) is 86.8 Å². The first-order chi connectivity index (χ1) is 20.6. The van der Waals surface area contributed by atoms with Crippen molar-refractivity contribution < 1.29 is 31.2 Å². The predicted octanol–water partition coefficient (Wildman–Crippen LogP) is 5.97. The van der Waals surface area contributed by atoms with Gasteiger partial charge in [0, 0.05) is 32.5 Å².